The molecule has 0 bridgehead atoms. The summed E-state index contributed by atoms with van der Waals surface area (Å²) in [5.74, 6) is 1.94. The van der Waals surface area contributed by atoms with Crippen molar-refractivity contribution < 1.29 is 0 Å². The Morgan fingerprint density at radius 3 is 1.48 bits per heavy atom. The maximum Gasteiger partial charge on any atom is 0.165 e. The van der Waals surface area contributed by atoms with Crippen LogP contribution in [0.1, 0.15) is 0 Å². The molecule has 0 fully saturated rings. The lowest BCUT2D eigenvalue weighted by atomic mass is 9.99. The van der Waals surface area contributed by atoms with Crippen molar-refractivity contribution in [1.82, 2.24) is 15.0 Å². The lowest BCUT2D eigenvalue weighted by molar-refractivity contribution is 1.07. The highest BCUT2D eigenvalue weighted by molar-refractivity contribution is 9.10. The van der Waals surface area contributed by atoms with Gasteiger partial charge in [-0.3, -0.25) is 0 Å². The Morgan fingerprint density at radius 1 is 0.387 bits per heavy atom. The molecule has 0 saturated carbocycles. The molecule has 0 atom stereocenters. The van der Waals surface area contributed by atoms with Crippen LogP contribution in [-0.4, -0.2) is 15.0 Å². The van der Waals surface area contributed by atoms with Crippen LogP contribution in [0.2, 0.25) is 0 Å². The third-order valence-electron chi connectivity index (χ3n) is 5.03. The second kappa shape index (κ2) is 8.62. The minimum atomic E-state index is 0.638. The Balaban J connectivity index is 1.75. The third-order valence-corrected chi connectivity index (χ3v) is 5.73. The van der Waals surface area contributed by atoms with E-state index in [1.165, 1.54) is 0 Å². The Labute approximate surface area is 189 Å². The first-order chi connectivity index (χ1) is 15.3. The third kappa shape index (κ3) is 4.03. The number of benzene rings is 4. The first kappa shape index (κ1) is 19.3. The summed E-state index contributed by atoms with van der Waals surface area (Å²) in [5, 5.41) is 0. The molecule has 148 valence electrons. The molecule has 4 heteroatoms. The van der Waals surface area contributed by atoms with Crippen LogP contribution in [-0.2, 0) is 0 Å². The van der Waals surface area contributed by atoms with Crippen molar-refractivity contribution in [3.8, 4) is 45.3 Å². The van der Waals surface area contributed by atoms with Gasteiger partial charge in [-0.1, -0.05) is 119 Å². The fourth-order valence-electron chi connectivity index (χ4n) is 3.52. The number of hydrogen-bond acceptors (Lipinski definition) is 3. The zero-order valence-corrected chi connectivity index (χ0v) is 18.2. The molecular weight excluding hydrogens is 446 g/mol. The lowest BCUT2D eigenvalue weighted by Gasteiger charge is -2.12. The highest BCUT2D eigenvalue weighted by atomic mass is 79.9. The van der Waals surface area contributed by atoms with Crippen molar-refractivity contribution in [2.75, 3.05) is 0 Å². The molecule has 0 saturated heterocycles. The summed E-state index contributed by atoms with van der Waals surface area (Å²) in [6.07, 6.45) is 0. The van der Waals surface area contributed by atoms with Crippen molar-refractivity contribution in [2.45, 2.75) is 0 Å². The maximum atomic E-state index is 4.89. The molecule has 0 aliphatic rings. The molecule has 1 heterocycles. The van der Waals surface area contributed by atoms with Crippen LogP contribution in [0, 0.1) is 0 Å². The molecule has 0 unspecified atom stereocenters. The highest BCUT2D eigenvalue weighted by Crippen LogP contribution is 2.33. The molecule has 4 aromatic carbocycles. The lowest BCUT2D eigenvalue weighted by Crippen LogP contribution is -2.01. The fourth-order valence-corrected chi connectivity index (χ4v) is 3.99. The summed E-state index contributed by atoms with van der Waals surface area (Å²) >= 11 is 3.65. The SMILES string of the molecule is Brc1ccccc1-c1nc(-c2ccccc2)nc(-c2ccccc2-c2ccccc2)n1. The molecule has 3 nitrogen and oxygen atoms in total. The molecule has 0 amide bonds. The molecule has 1 aromatic heterocycles. The molecule has 0 aliphatic heterocycles. The van der Waals surface area contributed by atoms with Crippen molar-refractivity contribution >= 4 is 15.9 Å². The summed E-state index contributed by atoms with van der Waals surface area (Å²) in [7, 11) is 0. The van der Waals surface area contributed by atoms with Crippen LogP contribution in [0.4, 0.5) is 0 Å². The van der Waals surface area contributed by atoms with Crippen molar-refractivity contribution in [2.24, 2.45) is 0 Å². The van der Waals surface area contributed by atoms with Crippen LogP contribution in [0.3, 0.4) is 0 Å². The monoisotopic (exact) mass is 463 g/mol. The van der Waals surface area contributed by atoms with Crippen LogP contribution >= 0.6 is 15.9 Å². The Kier molecular flexibility index (Phi) is 5.38. The smallest absolute Gasteiger partial charge is 0.165 e. The standard InChI is InChI=1S/C27H18BrN3/c28-24-18-10-9-17-23(24)27-30-25(20-13-5-2-6-14-20)29-26(31-27)22-16-8-7-15-21(22)19-11-3-1-4-12-19/h1-18H. The van der Waals surface area contributed by atoms with Crippen LogP contribution in [0.5, 0.6) is 0 Å². The highest BCUT2D eigenvalue weighted by Gasteiger charge is 2.16. The van der Waals surface area contributed by atoms with Gasteiger partial charge in [0.2, 0.25) is 0 Å². The van der Waals surface area contributed by atoms with Gasteiger partial charge in [0.05, 0.1) is 0 Å². The Hall–Kier alpha value is -3.63. The molecule has 0 spiro atoms. The van der Waals surface area contributed by atoms with Crippen LogP contribution < -0.4 is 0 Å². The van der Waals surface area contributed by atoms with E-state index in [1.807, 2.05) is 84.9 Å². The van der Waals surface area contributed by atoms with Crippen LogP contribution in [0.15, 0.2) is 114 Å². The van der Waals surface area contributed by atoms with Gasteiger partial charge in [0.25, 0.3) is 0 Å². The molecule has 0 N–H and O–H groups in total. The predicted molar refractivity (Wildman–Crippen MR) is 129 cm³/mol. The van der Waals surface area contributed by atoms with Gasteiger partial charge in [0, 0.05) is 21.2 Å². The predicted octanol–water partition coefficient (Wildman–Crippen LogP) is 7.30. The summed E-state index contributed by atoms with van der Waals surface area (Å²) in [4.78, 5) is 14.6. The molecule has 0 radical (unpaired) electrons. The van der Waals surface area contributed by atoms with E-state index < -0.39 is 0 Å². The minimum Gasteiger partial charge on any atom is -0.208 e. The second-order valence-corrected chi connectivity index (χ2v) is 7.92. The Bertz CT molecular complexity index is 1340. The molecule has 5 aromatic rings. The van der Waals surface area contributed by atoms with Crippen molar-refractivity contribution in [3.05, 3.63) is 114 Å². The van der Waals surface area contributed by atoms with E-state index in [0.29, 0.717) is 17.5 Å². The Morgan fingerprint density at radius 2 is 0.839 bits per heavy atom. The summed E-state index contributed by atoms with van der Waals surface area (Å²) in [6.45, 7) is 0. The fraction of sp³-hybridized carbons (Fsp3) is 0. The topological polar surface area (TPSA) is 38.7 Å². The van der Waals surface area contributed by atoms with Crippen LogP contribution in [0.25, 0.3) is 45.3 Å². The van der Waals surface area contributed by atoms with E-state index in [4.69, 9.17) is 15.0 Å². The van der Waals surface area contributed by atoms with E-state index in [0.717, 1.165) is 32.3 Å². The maximum absolute atomic E-state index is 4.89. The summed E-state index contributed by atoms with van der Waals surface area (Å²) in [6, 6.07) is 36.6. The van der Waals surface area contributed by atoms with E-state index in [9.17, 15) is 0 Å². The normalized spacial score (nSPS) is 10.7. The van der Waals surface area contributed by atoms with Gasteiger partial charge in [0.15, 0.2) is 17.5 Å². The number of nitrogens with zero attached hydrogens (tertiary/aromatic N) is 3. The van der Waals surface area contributed by atoms with Crippen molar-refractivity contribution in [3.63, 3.8) is 0 Å². The van der Waals surface area contributed by atoms with Crippen molar-refractivity contribution in [1.29, 1.82) is 0 Å². The van der Waals surface area contributed by atoms with Gasteiger partial charge >= 0.3 is 0 Å². The van der Waals surface area contributed by atoms with Gasteiger partial charge in [-0.25, -0.2) is 15.0 Å². The zero-order valence-electron chi connectivity index (χ0n) is 16.6. The average molecular weight is 464 g/mol. The average Bonchev–Trinajstić information content (AvgIpc) is 2.85. The summed E-state index contributed by atoms with van der Waals surface area (Å²) in [5.41, 5.74) is 5.08. The number of aromatic nitrogens is 3. The second-order valence-electron chi connectivity index (χ2n) is 7.06. The molecular formula is C27H18BrN3. The van der Waals surface area contributed by atoms with Gasteiger partial charge in [-0.05, 0) is 17.2 Å². The van der Waals surface area contributed by atoms with E-state index in [1.54, 1.807) is 0 Å². The molecule has 31 heavy (non-hydrogen) atoms. The number of hydrogen-bond donors (Lipinski definition) is 0. The van der Waals surface area contributed by atoms with Gasteiger partial charge in [-0.15, -0.1) is 0 Å². The first-order valence-electron chi connectivity index (χ1n) is 10.0. The largest absolute Gasteiger partial charge is 0.208 e. The van der Waals surface area contributed by atoms with E-state index >= 15 is 0 Å². The summed E-state index contributed by atoms with van der Waals surface area (Å²) < 4.78 is 0.947. The zero-order chi connectivity index (χ0) is 21.0. The van der Waals surface area contributed by atoms with E-state index in [-0.39, 0.29) is 0 Å². The number of halogens is 1. The quantitative estimate of drug-likeness (QED) is 0.280. The van der Waals surface area contributed by atoms with Gasteiger partial charge in [-0.2, -0.15) is 0 Å². The van der Waals surface area contributed by atoms with E-state index in [2.05, 4.69) is 40.2 Å². The van der Waals surface area contributed by atoms with Gasteiger partial charge in [0.1, 0.15) is 0 Å². The molecule has 5 rings (SSSR count). The van der Waals surface area contributed by atoms with Gasteiger partial charge < -0.3 is 0 Å². The first-order valence-corrected chi connectivity index (χ1v) is 10.8. The minimum absolute atomic E-state index is 0.638. The molecule has 0 aliphatic carbocycles. The number of rotatable bonds is 4.